The summed E-state index contributed by atoms with van der Waals surface area (Å²) in [5.41, 5.74) is 11.7. The zero-order valence-corrected chi connectivity index (χ0v) is 11.3. The lowest BCUT2D eigenvalue weighted by atomic mass is 10.00. The Kier molecular flexibility index (Phi) is 4.74. The van der Waals surface area contributed by atoms with Crippen LogP contribution in [0.25, 0.3) is 0 Å². The molecule has 0 fully saturated rings. The molecule has 4 nitrogen and oxygen atoms in total. The fourth-order valence-electron chi connectivity index (χ4n) is 1.97. The number of nitrogen functional groups attached to an aromatic ring is 1. The predicted octanol–water partition coefficient (Wildman–Crippen LogP) is 1.93. The molecule has 5 N–H and O–H groups in total. The number of benzene rings is 1. The second-order valence-electron chi connectivity index (χ2n) is 4.47. The summed E-state index contributed by atoms with van der Waals surface area (Å²) in [7, 11) is 0. The van der Waals surface area contributed by atoms with Crippen molar-refractivity contribution in [3.8, 4) is 0 Å². The summed E-state index contributed by atoms with van der Waals surface area (Å²) in [6.07, 6.45) is 5.01. The molecule has 0 saturated heterocycles. The third-order valence-electron chi connectivity index (χ3n) is 3.04. The van der Waals surface area contributed by atoms with Gasteiger partial charge in [-0.1, -0.05) is 23.7 Å². The van der Waals surface area contributed by atoms with E-state index < -0.39 is 0 Å². The van der Waals surface area contributed by atoms with Gasteiger partial charge >= 0.3 is 0 Å². The van der Waals surface area contributed by atoms with Gasteiger partial charge < -0.3 is 5.73 Å². The van der Waals surface area contributed by atoms with E-state index in [9.17, 15) is 0 Å². The summed E-state index contributed by atoms with van der Waals surface area (Å²) >= 11 is 5.87. The van der Waals surface area contributed by atoms with E-state index in [2.05, 4.69) is 10.4 Å². The Hall–Kier alpha value is -1.62. The number of aromatic nitrogens is 1. The number of nitrogens with one attached hydrogen (secondary N) is 1. The maximum Gasteiger partial charge on any atom is 0.0406 e. The summed E-state index contributed by atoms with van der Waals surface area (Å²) < 4.78 is 0. The molecule has 0 spiro atoms. The minimum absolute atomic E-state index is 0.104. The Morgan fingerprint density at radius 3 is 2.53 bits per heavy atom. The third kappa shape index (κ3) is 3.92. The summed E-state index contributed by atoms with van der Waals surface area (Å²) in [6, 6.07) is 9.66. The van der Waals surface area contributed by atoms with Crippen LogP contribution in [0.1, 0.15) is 11.1 Å². The monoisotopic (exact) mass is 276 g/mol. The number of hydrazine groups is 1. The first-order valence-electron chi connectivity index (χ1n) is 6.08. The van der Waals surface area contributed by atoms with Crippen molar-refractivity contribution in [3.63, 3.8) is 0 Å². The molecule has 0 amide bonds. The maximum atomic E-state index is 5.91. The Labute approximate surface area is 117 Å². The molecule has 2 rings (SSSR count). The van der Waals surface area contributed by atoms with Gasteiger partial charge in [0.05, 0.1) is 0 Å². The molecular weight excluding hydrogens is 260 g/mol. The largest absolute Gasteiger partial charge is 0.398 e. The molecule has 0 radical (unpaired) electrons. The molecule has 5 heteroatoms. The minimum atomic E-state index is 0.104. The van der Waals surface area contributed by atoms with E-state index in [1.54, 1.807) is 18.5 Å². The second kappa shape index (κ2) is 6.52. The lowest BCUT2D eigenvalue weighted by Gasteiger charge is -2.17. The van der Waals surface area contributed by atoms with Crippen LogP contribution in [-0.4, -0.2) is 11.0 Å². The van der Waals surface area contributed by atoms with E-state index in [0.29, 0.717) is 0 Å². The average molecular weight is 277 g/mol. The van der Waals surface area contributed by atoms with Crippen molar-refractivity contribution in [2.75, 3.05) is 5.73 Å². The highest BCUT2D eigenvalue weighted by Gasteiger charge is 2.11. The normalized spacial score (nSPS) is 12.3. The Balaban J connectivity index is 2.05. The van der Waals surface area contributed by atoms with Gasteiger partial charge in [0.25, 0.3) is 0 Å². The van der Waals surface area contributed by atoms with Crippen LogP contribution >= 0.6 is 11.6 Å². The predicted molar refractivity (Wildman–Crippen MR) is 78.6 cm³/mol. The van der Waals surface area contributed by atoms with Gasteiger partial charge in [0.15, 0.2) is 0 Å². The van der Waals surface area contributed by atoms with Crippen LogP contribution in [0, 0.1) is 0 Å². The second-order valence-corrected chi connectivity index (χ2v) is 4.91. The molecule has 1 heterocycles. The number of rotatable bonds is 5. The van der Waals surface area contributed by atoms with E-state index in [4.69, 9.17) is 23.2 Å². The first-order chi connectivity index (χ1) is 9.19. The molecule has 1 atom stereocenters. The number of hydrogen-bond acceptors (Lipinski definition) is 4. The van der Waals surface area contributed by atoms with Crippen molar-refractivity contribution in [1.82, 2.24) is 10.4 Å². The number of anilines is 1. The van der Waals surface area contributed by atoms with Crippen molar-refractivity contribution >= 4 is 17.3 Å². The SMILES string of the molecule is NNC(Cc1ccc(Cl)cc1)Cc1cnccc1N. The molecule has 0 aliphatic rings. The summed E-state index contributed by atoms with van der Waals surface area (Å²) in [6.45, 7) is 0. The third-order valence-corrected chi connectivity index (χ3v) is 3.29. The van der Waals surface area contributed by atoms with Crippen molar-refractivity contribution in [2.24, 2.45) is 5.84 Å². The van der Waals surface area contributed by atoms with Gasteiger partial charge in [-0.3, -0.25) is 16.3 Å². The summed E-state index contributed by atoms with van der Waals surface area (Å²) in [5.74, 6) is 5.61. The molecule has 0 bridgehead atoms. The van der Waals surface area contributed by atoms with Crippen molar-refractivity contribution in [1.29, 1.82) is 0 Å². The van der Waals surface area contributed by atoms with E-state index in [0.717, 1.165) is 29.1 Å². The topological polar surface area (TPSA) is 77.0 Å². The first kappa shape index (κ1) is 13.8. The number of hydrogen-bond donors (Lipinski definition) is 3. The lowest BCUT2D eigenvalue weighted by Crippen LogP contribution is -2.38. The number of pyridine rings is 1. The van der Waals surface area contributed by atoms with Crippen LogP contribution in [0.5, 0.6) is 0 Å². The zero-order valence-electron chi connectivity index (χ0n) is 10.5. The number of nitrogens with zero attached hydrogens (tertiary/aromatic N) is 1. The van der Waals surface area contributed by atoms with E-state index in [-0.39, 0.29) is 6.04 Å². The van der Waals surface area contributed by atoms with Crippen molar-refractivity contribution < 1.29 is 0 Å². The van der Waals surface area contributed by atoms with Crippen molar-refractivity contribution in [2.45, 2.75) is 18.9 Å². The van der Waals surface area contributed by atoms with Crippen LogP contribution in [0.4, 0.5) is 5.69 Å². The fraction of sp³-hybridized carbons (Fsp3) is 0.214. The van der Waals surface area contributed by atoms with E-state index in [1.165, 1.54) is 5.56 Å². The van der Waals surface area contributed by atoms with Gasteiger partial charge in [0, 0.05) is 29.1 Å². The standard InChI is InChI=1S/C14H17ClN4/c15-12-3-1-10(2-4-12)7-13(19-17)8-11-9-18-6-5-14(11)16/h1-6,9,13,19H,7-8,17H2,(H2,16,18). The highest BCUT2D eigenvalue weighted by atomic mass is 35.5. The van der Waals surface area contributed by atoms with Crippen LogP contribution in [0.15, 0.2) is 42.7 Å². The van der Waals surface area contributed by atoms with E-state index in [1.807, 2.05) is 24.3 Å². The molecule has 1 aromatic carbocycles. The van der Waals surface area contributed by atoms with Crippen LogP contribution < -0.4 is 17.0 Å². The smallest absolute Gasteiger partial charge is 0.0406 e. The lowest BCUT2D eigenvalue weighted by molar-refractivity contribution is 0.522. The van der Waals surface area contributed by atoms with Gasteiger partial charge in [0.1, 0.15) is 0 Å². The zero-order chi connectivity index (χ0) is 13.7. The van der Waals surface area contributed by atoms with Crippen molar-refractivity contribution in [3.05, 3.63) is 58.9 Å². The van der Waals surface area contributed by atoms with Gasteiger partial charge in [-0.25, -0.2) is 0 Å². The molecule has 2 aromatic rings. The quantitative estimate of drug-likeness (QED) is 0.576. The molecule has 0 saturated carbocycles. The minimum Gasteiger partial charge on any atom is -0.398 e. The number of nitrogens with two attached hydrogens (primary N) is 2. The first-order valence-corrected chi connectivity index (χ1v) is 6.46. The summed E-state index contributed by atoms with van der Waals surface area (Å²) in [5, 5.41) is 0.734. The molecule has 100 valence electrons. The highest BCUT2D eigenvalue weighted by molar-refractivity contribution is 6.30. The molecule has 0 aliphatic heterocycles. The Morgan fingerprint density at radius 2 is 1.89 bits per heavy atom. The van der Waals surface area contributed by atoms with Gasteiger partial charge in [-0.15, -0.1) is 0 Å². The van der Waals surface area contributed by atoms with Gasteiger partial charge in [-0.2, -0.15) is 0 Å². The van der Waals surface area contributed by atoms with Crippen LogP contribution in [0.2, 0.25) is 5.02 Å². The Bertz CT molecular complexity index is 527. The van der Waals surface area contributed by atoms with Gasteiger partial charge in [-0.05, 0) is 42.2 Å². The van der Waals surface area contributed by atoms with E-state index >= 15 is 0 Å². The molecule has 19 heavy (non-hydrogen) atoms. The van der Waals surface area contributed by atoms with Gasteiger partial charge in [0.2, 0.25) is 0 Å². The molecular formula is C14H17ClN4. The Morgan fingerprint density at radius 1 is 1.16 bits per heavy atom. The summed E-state index contributed by atoms with van der Waals surface area (Å²) in [4.78, 5) is 4.09. The van der Waals surface area contributed by atoms with Crippen LogP contribution in [0.3, 0.4) is 0 Å². The molecule has 0 aliphatic carbocycles. The highest BCUT2D eigenvalue weighted by Crippen LogP contribution is 2.15. The fourth-order valence-corrected chi connectivity index (χ4v) is 2.09. The molecule has 1 unspecified atom stereocenters. The average Bonchev–Trinajstić information content (AvgIpc) is 2.43. The molecule has 1 aromatic heterocycles. The van der Waals surface area contributed by atoms with Crippen LogP contribution in [-0.2, 0) is 12.8 Å². The maximum absolute atomic E-state index is 5.91. The number of halogens is 1.